The largest absolute Gasteiger partial charge is 0.497 e. The average molecular weight is 328 g/mol. The van der Waals surface area contributed by atoms with Gasteiger partial charge in [0, 0.05) is 11.1 Å². The third kappa shape index (κ3) is 4.84. The van der Waals surface area contributed by atoms with Crippen molar-refractivity contribution in [1.82, 2.24) is 5.43 Å². The fourth-order valence-electron chi connectivity index (χ4n) is 1.83. The Hall–Kier alpha value is -3.35. The second-order valence-electron chi connectivity index (χ2n) is 4.65. The number of hydrogen-bond donors (Lipinski definition) is 2. The Morgan fingerprint density at radius 3 is 2.54 bits per heavy atom. The zero-order chi connectivity index (χ0) is 17.4. The van der Waals surface area contributed by atoms with Crippen LogP contribution in [0.25, 0.3) is 0 Å². The highest BCUT2D eigenvalue weighted by atomic mass is 16.5. The molecule has 0 aliphatic heterocycles. The first-order valence-corrected chi connectivity index (χ1v) is 7.01. The summed E-state index contributed by atoms with van der Waals surface area (Å²) in [7, 11) is 1.54. The number of para-hydroxylation sites is 1. The SMILES string of the molecule is COc1ccc(C(=O)NN=Cc2ccccc2OCC(=O)O)cc1. The van der Waals surface area contributed by atoms with Gasteiger partial charge in [0.25, 0.3) is 5.91 Å². The van der Waals surface area contributed by atoms with Crippen LogP contribution >= 0.6 is 0 Å². The van der Waals surface area contributed by atoms with Gasteiger partial charge in [-0.25, -0.2) is 10.2 Å². The van der Waals surface area contributed by atoms with Gasteiger partial charge in [0.05, 0.1) is 13.3 Å². The zero-order valence-electron chi connectivity index (χ0n) is 12.9. The Morgan fingerprint density at radius 2 is 1.88 bits per heavy atom. The molecule has 0 unspecified atom stereocenters. The van der Waals surface area contributed by atoms with Gasteiger partial charge in [-0.2, -0.15) is 5.10 Å². The lowest BCUT2D eigenvalue weighted by Gasteiger charge is -2.06. The van der Waals surface area contributed by atoms with Gasteiger partial charge >= 0.3 is 5.97 Å². The summed E-state index contributed by atoms with van der Waals surface area (Å²) in [6.07, 6.45) is 1.39. The van der Waals surface area contributed by atoms with Crippen molar-refractivity contribution in [2.24, 2.45) is 5.10 Å². The smallest absolute Gasteiger partial charge is 0.341 e. The molecule has 7 nitrogen and oxygen atoms in total. The summed E-state index contributed by atoms with van der Waals surface area (Å²) in [5, 5.41) is 12.5. The van der Waals surface area contributed by atoms with Crippen molar-refractivity contribution >= 4 is 18.1 Å². The molecule has 0 aliphatic carbocycles. The van der Waals surface area contributed by atoms with Crippen LogP contribution in [0, 0.1) is 0 Å². The van der Waals surface area contributed by atoms with E-state index in [2.05, 4.69) is 10.5 Å². The fourth-order valence-corrected chi connectivity index (χ4v) is 1.83. The maximum Gasteiger partial charge on any atom is 0.341 e. The second kappa shape index (κ2) is 8.33. The first-order chi connectivity index (χ1) is 11.6. The summed E-state index contributed by atoms with van der Waals surface area (Å²) in [6.45, 7) is -0.455. The highest BCUT2D eigenvalue weighted by Gasteiger charge is 2.05. The molecule has 2 rings (SSSR count). The number of carbonyl (C=O) groups is 2. The van der Waals surface area contributed by atoms with E-state index in [9.17, 15) is 9.59 Å². The van der Waals surface area contributed by atoms with Crippen LogP contribution in [0.3, 0.4) is 0 Å². The van der Waals surface area contributed by atoms with Crippen LogP contribution in [0.15, 0.2) is 53.6 Å². The number of hydrazone groups is 1. The predicted octanol–water partition coefficient (Wildman–Crippen LogP) is 1.92. The monoisotopic (exact) mass is 328 g/mol. The molecule has 0 radical (unpaired) electrons. The Morgan fingerprint density at radius 1 is 1.17 bits per heavy atom. The molecule has 0 atom stereocenters. The van der Waals surface area contributed by atoms with E-state index in [1.807, 2.05) is 0 Å². The molecule has 0 bridgehead atoms. The summed E-state index contributed by atoms with van der Waals surface area (Å²) in [5.74, 6) is -0.436. The average Bonchev–Trinajstić information content (AvgIpc) is 2.60. The number of carbonyl (C=O) groups excluding carboxylic acids is 1. The highest BCUT2D eigenvalue weighted by Crippen LogP contribution is 2.15. The van der Waals surface area contributed by atoms with Crippen LogP contribution < -0.4 is 14.9 Å². The molecule has 2 aromatic carbocycles. The van der Waals surface area contributed by atoms with Gasteiger partial charge in [-0.3, -0.25) is 4.79 Å². The number of ether oxygens (including phenoxy) is 2. The molecule has 0 saturated heterocycles. The second-order valence-corrected chi connectivity index (χ2v) is 4.65. The van der Waals surface area contributed by atoms with E-state index >= 15 is 0 Å². The lowest BCUT2D eigenvalue weighted by molar-refractivity contribution is -0.139. The van der Waals surface area contributed by atoms with Crippen LogP contribution in [-0.2, 0) is 4.79 Å². The van der Waals surface area contributed by atoms with Crippen molar-refractivity contribution < 1.29 is 24.2 Å². The standard InChI is InChI=1S/C17H16N2O5/c1-23-14-8-6-12(7-9-14)17(22)19-18-10-13-4-2-3-5-15(13)24-11-16(20)21/h2-10H,11H2,1H3,(H,19,22)(H,20,21). The topological polar surface area (TPSA) is 97.2 Å². The summed E-state index contributed by atoms with van der Waals surface area (Å²) in [4.78, 5) is 22.5. The Bertz CT molecular complexity index is 741. The van der Waals surface area contributed by atoms with Gasteiger partial charge < -0.3 is 14.6 Å². The number of rotatable bonds is 7. The molecule has 0 aliphatic rings. The van der Waals surface area contributed by atoms with E-state index < -0.39 is 12.6 Å². The molecule has 2 aromatic rings. The molecule has 1 amide bonds. The molecule has 7 heteroatoms. The van der Waals surface area contributed by atoms with Gasteiger partial charge in [0.15, 0.2) is 6.61 Å². The van der Waals surface area contributed by atoms with Crippen LogP contribution in [-0.4, -0.2) is 36.9 Å². The third-order valence-electron chi connectivity index (χ3n) is 2.99. The van der Waals surface area contributed by atoms with Crippen molar-refractivity contribution in [2.75, 3.05) is 13.7 Å². The Kier molecular flexibility index (Phi) is 5.90. The lowest BCUT2D eigenvalue weighted by atomic mass is 10.2. The van der Waals surface area contributed by atoms with Crippen molar-refractivity contribution in [1.29, 1.82) is 0 Å². The van der Waals surface area contributed by atoms with Gasteiger partial charge in [0.1, 0.15) is 11.5 Å². The zero-order valence-corrected chi connectivity index (χ0v) is 12.9. The maximum atomic E-state index is 12.0. The first-order valence-electron chi connectivity index (χ1n) is 7.01. The molecule has 0 aromatic heterocycles. The van der Waals surface area contributed by atoms with Crippen LogP contribution in [0.4, 0.5) is 0 Å². The quantitative estimate of drug-likeness (QED) is 0.598. The number of methoxy groups -OCH3 is 1. The summed E-state index contributed by atoms with van der Waals surface area (Å²) >= 11 is 0. The lowest BCUT2D eigenvalue weighted by Crippen LogP contribution is -2.17. The van der Waals surface area contributed by atoms with Crippen molar-refractivity contribution in [3.8, 4) is 11.5 Å². The molecule has 0 fully saturated rings. The number of carboxylic acid groups (broad SMARTS) is 1. The predicted molar refractivity (Wildman–Crippen MR) is 87.6 cm³/mol. The first kappa shape index (κ1) is 17.0. The molecule has 124 valence electrons. The van der Waals surface area contributed by atoms with Gasteiger partial charge in [0.2, 0.25) is 0 Å². The molecule has 2 N–H and O–H groups in total. The van der Waals surface area contributed by atoms with E-state index in [-0.39, 0.29) is 5.91 Å². The summed E-state index contributed by atoms with van der Waals surface area (Å²) in [5.41, 5.74) is 3.38. The van der Waals surface area contributed by atoms with E-state index in [1.165, 1.54) is 6.21 Å². The minimum absolute atomic E-state index is 0.363. The maximum absolute atomic E-state index is 12.0. The van der Waals surface area contributed by atoms with E-state index in [4.69, 9.17) is 14.6 Å². The van der Waals surface area contributed by atoms with Gasteiger partial charge in [-0.05, 0) is 36.4 Å². The summed E-state index contributed by atoms with van der Waals surface area (Å²) in [6, 6.07) is 13.4. The minimum Gasteiger partial charge on any atom is -0.497 e. The molecule has 24 heavy (non-hydrogen) atoms. The molecule has 0 spiro atoms. The Balaban J connectivity index is 2.00. The minimum atomic E-state index is -1.07. The number of nitrogens with one attached hydrogen (secondary N) is 1. The molecular formula is C17H16N2O5. The van der Waals surface area contributed by atoms with Gasteiger partial charge in [-0.15, -0.1) is 0 Å². The number of hydrogen-bond acceptors (Lipinski definition) is 5. The van der Waals surface area contributed by atoms with E-state index in [0.717, 1.165) is 0 Å². The van der Waals surface area contributed by atoms with Crippen LogP contribution in [0.1, 0.15) is 15.9 Å². The number of carboxylic acids is 1. The number of aliphatic carboxylic acids is 1. The summed E-state index contributed by atoms with van der Waals surface area (Å²) < 4.78 is 10.2. The highest BCUT2D eigenvalue weighted by molar-refractivity contribution is 5.95. The fraction of sp³-hybridized carbons (Fsp3) is 0.118. The number of nitrogens with zero attached hydrogens (tertiary/aromatic N) is 1. The van der Waals surface area contributed by atoms with E-state index in [1.54, 1.807) is 55.6 Å². The molecule has 0 saturated carbocycles. The van der Waals surface area contributed by atoms with Crippen LogP contribution in [0.5, 0.6) is 11.5 Å². The van der Waals surface area contributed by atoms with E-state index in [0.29, 0.717) is 22.6 Å². The van der Waals surface area contributed by atoms with Crippen molar-refractivity contribution in [2.45, 2.75) is 0 Å². The van der Waals surface area contributed by atoms with Crippen molar-refractivity contribution in [3.05, 3.63) is 59.7 Å². The van der Waals surface area contributed by atoms with Crippen LogP contribution in [0.2, 0.25) is 0 Å². The Labute approximate surface area is 138 Å². The normalized spacial score (nSPS) is 10.4. The van der Waals surface area contributed by atoms with Crippen molar-refractivity contribution in [3.63, 3.8) is 0 Å². The van der Waals surface area contributed by atoms with Gasteiger partial charge in [-0.1, -0.05) is 12.1 Å². The molecule has 0 heterocycles. The number of amides is 1. The third-order valence-corrected chi connectivity index (χ3v) is 2.99. The number of benzene rings is 2. The molecular weight excluding hydrogens is 312 g/mol.